The number of carbonyl (C=O) groups excluding carboxylic acids is 1. The number of benzene rings is 1. The van der Waals surface area contributed by atoms with Crippen LogP contribution in [0.3, 0.4) is 0 Å². The lowest BCUT2D eigenvalue weighted by molar-refractivity contribution is -0.384. The van der Waals surface area contributed by atoms with Gasteiger partial charge < -0.3 is 4.42 Å². The molecule has 3 rings (SSSR count). The van der Waals surface area contributed by atoms with E-state index >= 15 is 0 Å². The van der Waals surface area contributed by atoms with Crippen LogP contribution in [0, 0.1) is 10.1 Å². The zero-order valence-corrected chi connectivity index (χ0v) is 12.7. The third-order valence-corrected chi connectivity index (χ3v) is 3.07. The summed E-state index contributed by atoms with van der Waals surface area (Å²) in [4.78, 5) is 26.0. The van der Waals surface area contributed by atoms with Crippen molar-refractivity contribution in [3.63, 3.8) is 0 Å². The second-order valence-electron chi connectivity index (χ2n) is 4.83. The highest BCUT2D eigenvalue weighted by Crippen LogP contribution is 2.18. The molecule has 1 amide bonds. The average Bonchev–Trinajstić information content (AvgIpc) is 3.09. The standard InChI is InChI=1S/C16H11N5O4/c22-14(7-6-11-3-1-5-13(9-11)21(23)24)18-16-20-19-15(25-16)12-4-2-8-17-10-12/h1-10H,(H,18,20,22). The van der Waals surface area contributed by atoms with Crippen molar-refractivity contribution >= 4 is 23.7 Å². The maximum absolute atomic E-state index is 11.9. The van der Waals surface area contributed by atoms with E-state index in [1.807, 2.05) is 0 Å². The molecule has 1 aromatic carbocycles. The Labute approximate surface area is 141 Å². The molecule has 0 aliphatic rings. The first kappa shape index (κ1) is 16.0. The van der Waals surface area contributed by atoms with Gasteiger partial charge in [0, 0.05) is 30.6 Å². The molecule has 3 aromatic rings. The Hall–Kier alpha value is -3.88. The molecule has 25 heavy (non-hydrogen) atoms. The topological polar surface area (TPSA) is 124 Å². The van der Waals surface area contributed by atoms with Crippen LogP contribution in [0.1, 0.15) is 5.56 Å². The summed E-state index contributed by atoms with van der Waals surface area (Å²) in [6.07, 6.45) is 5.83. The predicted molar refractivity (Wildman–Crippen MR) is 88.3 cm³/mol. The number of anilines is 1. The number of non-ortho nitro benzene ring substituents is 1. The van der Waals surface area contributed by atoms with E-state index in [0.29, 0.717) is 11.1 Å². The number of rotatable bonds is 5. The lowest BCUT2D eigenvalue weighted by atomic mass is 10.2. The fourth-order valence-electron chi connectivity index (χ4n) is 1.94. The smallest absolute Gasteiger partial charge is 0.322 e. The van der Waals surface area contributed by atoms with Crippen LogP contribution in [-0.2, 0) is 4.79 Å². The van der Waals surface area contributed by atoms with Gasteiger partial charge in [-0.2, -0.15) is 0 Å². The van der Waals surface area contributed by atoms with E-state index in [1.54, 1.807) is 30.6 Å². The van der Waals surface area contributed by atoms with E-state index in [4.69, 9.17) is 4.42 Å². The number of hydrogen-bond acceptors (Lipinski definition) is 7. The van der Waals surface area contributed by atoms with Crippen molar-refractivity contribution in [2.75, 3.05) is 5.32 Å². The molecular formula is C16H11N5O4. The number of nitrogens with one attached hydrogen (secondary N) is 1. The summed E-state index contributed by atoms with van der Waals surface area (Å²) in [6, 6.07) is 9.31. The molecule has 0 saturated heterocycles. The molecule has 0 atom stereocenters. The molecule has 0 unspecified atom stereocenters. The van der Waals surface area contributed by atoms with E-state index < -0.39 is 10.8 Å². The Morgan fingerprint density at radius 2 is 2.12 bits per heavy atom. The van der Waals surface area contributed by atoms with Crippen molar-refractivity contribution in [1.29, 1.82) is 0 Å². The fraction of sp³-hybridized carbons (Fsp3) is 0. The van der Waals surface area contributed by atoms with Crippen LogP contribution in [-0.4, -0.2) is 26.0 Å². The Morgan fingerprint density at radius 1 is 1.24 bits per heavy atom. The number of nitro groups is 1. The van der Waals surface area contributed by atoms with Gasteiger partial charge in [-0.25, -0.2) is 0 Å². The Balaban J connectivity index is 1.66. The predicted octanol–water partition coefficient (Wildman–Crippen LogP) is 2.69. The number of hydrogen-bond donors (Lipinski definition) is 1. The van der Waals surface area contributed by atoms with Crippen LogP contribution in [0.2, 0.25) is 0 Å². The summed E-state index contributed by atoms with van der Waals surface area (Å²) in [5.41, 5.74) is 1.09. The van der Waals surface area contributed by atoms with Crippen LogP contribution < -0.4 is 5.32 Å². The molecule has 9 heteroatoms. The summed E-state index contributed by atoms with van der Waals surface area (Å²) in [5, 5.41) is 20.7. The van der Waals surface area contributed by atoms with Crippen LogP contribution in [0.4, 0.5) is 11.7 Å². The normalized spacial score (nSPS) is 10.7. The van der Waals surface area contributed by atoms with Crippen molar-refractivity contribution in [3.05, 3.63) is 70.5 Å². The monoisotopic (exact) mass is 337 g/mol. The molecule has 0 aliphatic carbocycles. The van der Waals surface area contributed by atoms with Gasteiger partial charge in [0.1, 0.15) is 0 Å². The second kappa shape index (κ2) is 7.13. The number of aromatic nitrogens is 3. The van der Waals surface area contributed by atoms with Gasteiger partial charge in [-0.15, -0.1) is 5.10 Å². The lowest BCUT2D eigenvalue weighted by Gasteiger charge is -1.96. The van der Waals surface area contributed by atoms with Gasteiger partial charge in [0.2, 0.25) is 0 Å². The Kier molecular flexibility index (Phi) is 4.56. The van der Waals surface area contributed by atoms with Crippen LogP contribution in [0.5, 0.6) is 0 Å². The summed E-state index contributed by atoms with van der Waals surface area (Å²) >= 11 is 0. The molecule has 9 nitrogen and oxygen atoms in total. The van der Waals surface area contributed by atoms with Crippen LogP contribution in [0.25, 0.3) is 17.5 Å². The first-order chi connectivity index (χ1) is 12.1. The van der Waals surface area contributed by atoms with E-state index in [2.05, 4.69) is 20.5 Å². The fourth-order valence-corrected chi connectivity index (χ4v) is 1.94. The minimum atomic E-state index is -0.507. The van der Waals surface area contributed by atoms with Crippen LogP contribution in [0.15, 0.2) is 59.3 Å². The van der Waals surface area contributed by atoms with Crippen molar-refractivity contribution in [1.82, 2.24) is 15.2 Å². The number of carbonyl (C=O) groups is 1. The highest BCUT2D eigenvalue weighted by Gasteiger charge is 2.10. The SMILES string of the molecule is O=C(C=Cc1cccc([N+](=O)[O-])c1)Nc1nnc(-c2cccnc2)o1. The summed E-state index contributed by atoms with van der Waals surface area (Å²) in [6.45, 7) is 0. The van der Waals surface area contributed by atoms with Crippen molar-refractivity contribution in [2.24, 2.45) is 0 Å². The third kappa shape index (κ3) is 4.10. The van der Waals surface area contributed by atoms with Crippen LogP contribution >= 0.6 is 0 Å². The Bertz CT molecular complexity index is 936. The second-order valence-corrected chi connectivity index (χ2v) is 4.83. The van der Waals surface area contributed by atoms with Gasteiger partial charge in [-0.3, -0.25) is 25.2 Å². The highest BCUT2D eigenvalue weighted by atomic mass is 16.6. The van der Waals surface area contributed by atoms with Gasteiger partial charge in [0.25, 0.3) is 17.5 Å². The van der Waals surface area contributed by atoms with Gasteiger partial charge in [0.05, 0.1) is 10.5 Å². The number of nitrogens with zero attached hydrogens (tertiary/aromatic N) is 4. The van der Waals surface area contributed by atoms with E-state index in [1.165, 1.54) is 30.4 Å². The minimum absolute atomic E-state index is 0.0550. The molecule has 2 aromatic heterocycles. The Morgan fingerprint density at radius 3 is 2.88 bits per heavy atom. The highest BCUT2D eigenvalue weighted by molar-refractivity contribution is 6.00. The van der Waals surface area contributed by atoms with Gasteiger partial charge >= 0.3 is 6.01 Å². The van der Waals surface area contributed by atoms with Gasteiger partial charge in [-0.05, 0) is 23.8 Å². The van der Waals surface area contributed by atoms with Gasteiger partial charge in [-0.1, -0.05) is 17.2 Å². The van der Waals surface area contributed by atoms with E-state index in [0.717, 1.165) is 0 Å². The lowest BCUT2D eigenvalue weighted by Crippen LogP contribution is -2.07. The largest absolute Gasteiger partial charge is 0.403 e. The van der Waals surface area contributed by atoms with Crippen molar-refractivity contribution < 1.29 is 14.1 Å². The molecular weight excluding hydrogens is 326 g/mol. The molecule has 0 aliphatic heterocycles. The maximum atomic E-state index is 11.9. The number of nitro benzene ring substituents is 1. The van der Waals surface area contributed by atoms with Crippen molar-refractivity contribution in [3.8, 4) is 11.5 Å². The average molecular weight is 337 g/mol. The molecule has 124 valence electrons. The van der Waals surface area contributed by atoms with Gasteiger partial charge in [0.15, 0.2) is 0 Å². The molecule has 1 N–H and O–H groups in total. The van der Waals surface area contributed by atoms with E-state index in [9.17, 15) is 14.9 Å². The zero-order chi connectivity index (χ0) is 17.6. The molecule has 0 bridgehead atoms. The first-order valence-corrected chi connectivity index (χ1v) is 7.09. The number of pyridine rings is 1. The molecule has 0 fully saturated rings. The first-order valence-electron chi connectivity index (χ1n) is 7.09. The summed E-state index contributed by atoms with van der Waals surface area (Å²) in [7, 11) is 0. The molecule has 0 radical (unpaired) electrons. The summed E-state index contributed by atoms with van der Waals surface area (Å²) in [5.74, 6) is -0.279. The maximum Gasteiger partial charge on any atom is 0.322 e. The minimum Gasteiger partial charge on any atom is -0.403 e. The quantitative estimate of drug-likeness (QED) is 0.431. The van der Waals surface area contributed by atoms with E-state index in [-0.39, 0.29) is 17.6 Å². The number of amides is 1. The summed E-state index contributed by atoms with van der Waals surface area (Å²) < 4.78 is 5.33. The van der Waals surface area contributed by atoms with Crippen molar-refractivity contribution in [2.45, 2.75) is 0 Å². The zero-order valence-electron chi connectivity index (χ0n) is 12.7. The molecule has 0 saturated carbocycles. The molecule has 0 spiro atoms. The third-order valence-electron chi connectivity index (χ3n) is 3.07. The molecule has 2 heterocycles.